The van der Waals surface area contributed by atoms with Crippen molar-refractivity contribution in [3.8, 4) is 5.75 Å². The Bertz CT molecular complexity index is 808. The number of fused-ring (bicyclic) bond motifs is 1. The summed E-state index contributed by atoms with van der Waals surface area (Å²) in [6, 6.07) is 6.97. The van der Waals surface area contributed by atoms with Gasteiger partial charge in [0.15, 0.2) is 5.82 Å². The zero-order valence-electron chi connectivity index (χ0n) is 14.8. The van der Waals surface area contributed by atoms with Crippen LogP contribution in [0.25, 0.3) is 0 Å². The van der Waals surface area contributed by atoms with E-state index in [1.165, 1.54) is 0 Å². The van der Waals surface area contributed by atoms with E-state index < -0.39 is 0 Å². The number of amides is 2. The molecule has 0 saturated carbocycles. The second kappa shape index (κ2) is 6.58. The highest BCUT2D eigenvalue weighted by Crippen LogP contribution is 2.37. The van der Waals surface area contributed by atoms with Gasteiger partial charge in [-0.2, -0.15) is 5.10 Å². The first-order valence-electron chi connectivity index (χ1n) is 8.30. The van der Waals surface area contributed by atoms with E-state index in [2.05, 4.69) is 15.7 Å². The summed E-state index contributed by atoms with van der Waals surface area (Å²) in [5.41, 5.74) is 1.37. The number of ether oxygens (including phenoxy) is 1. The SMILES string of the molecule is CC(C)Oc1ccc(C(=O)Nc2nn(C)c3c2[C@@H](C)CC(=O)N3)cc1. The minimum Gasteiger partial charge on any atom is -0.491 e. The smallest absolute Gasteiger partial charge is 0.256 e. The minimum atomic E-state index is -0.249. The number of hydrogen-bond donors (Lipinski definition) is 2. The van der Waals surface area contributed by atoms with Crippen molar-refractivity contribution in [2.75, 3.05) is 10.6 Å². The van der Waals surface area contributed by atoms with Crippen LogP contribution in [0.15, 0.2) is 24.3 Å². The highest BCUT2D eigenvalue weighted by molar-refractivity contribution is 6.05. The molecule has 2 aromatic rings. The van der Waals surface area contributed by atoms with Gasteiger partial charge in [-0.3, -0.25) is 14.3 Å². The standard InChI is InChI=1S/C18H22N4O3/c1-10(2)25-13-7-5-12(6-8-13)18(24)20-16-15-11(3)9-14(23)19-17(15)22(4)21-16/h5-8,10-11H,9H2,1-4H3,(H,19,23)(H,20,21,24)/t11-/m0/s1. The van der Waals surface area contributed by atoms with Crippen molar-refractivity contribution < 1.29 is 14.3 Å². The lowest BCUT2D eigenvalue weighted by Crippen LogP contribution is -2.23. The molecule has 7 nitrogen and oxygen atoms in total. The molecule has 0 fully saturated rings. The van der Waals surface area contributed by atoms with Gasteiger partial charge in [0.2, 0.25) is 5.91 Å². The first-order valence-corrected chi connectivity index (χ1v) is 8.30. The molecule has 0 aliphatic carbocycles. The quantitative estimate of drug-likeness (QED) is 0.895. The Morgan fingerprint density at radius 3 is 2.68 bits per heavy atom. The van der Waals surface area contributed by atoms with E-state index in [0.29, 0.717) is 23.6 Å². The summed E-state index contributed by atoms with van der Waals surface area (Å²) in [5.74, 6) is 1.55. The number of aromatic nitrogens is 2. The fourth-order valence-electron chi connectivity index (χ4n) is 2.95. The van der Waals surface area contributed by atoms with Crippen LogP contribution >= 0.6 is 0 Å². The number of nitrogens with one attached hydrogen (secondary N) is 2. The van der Waals surface area contributed by atoms with Crippen molar-refractivity contribution in [3.05, 3.63) is 35.4 Å². The third-order valence-electron chi connectivity index (χ3n) is 4.05. The van der Waals surface area contributed by atoms with Crippen LogP contribution in [0.2, 0.25) is 0 Å². The topological polar surface area (TPSA) is 85.2 Å². The van der Waals surface area contributed by atoms with Crippen molar-refractivity contribution in [2.24, 2.45) is 7.05 Å². The van der Waals surface area contributed by atoms with Crippen molar-refractivity contribution in [3.63, 3.8) is 0 Å². The number of benzene rings is 1. The molecule has 2 heterocycles. The maximum Gasteiger partial charge on any atom is 0.256 e. The van der Waals surface area contributed by atoms with E-state index in [1.807, 2.05) is 20.8 Å². The summed E-state index contributed by atoms with van der Waals surface area (Å²) in [6.07, 6.45) is 0.458. The average Bonchev–Trinajstić information content (AvgIpc) is 2.83. The maximum atomic E-state index is 12.5. The molecule has 1 aromatic heterocycles. The molecule has 0 radical (unpaired) electrons. The minimum absolute atomic E-state index is 0.00503. The molecular formula is C18H22N4O3. The lowest BCUT2D eigenvalue weighted by molar-refractivity contribution is -0.116. The van der Waals surface area contributed by atoms with Crippen LogP contribution in [0.1, 0.15) is 49.0 Å². The van der Waals surface area contributed by atoms with Gasteiger partial charge < -0.3 is 15.4 Å². The average molecular weight is 342 g/mol. The third-order valence-corrected chi connectivity index (χ3v) is 4.05. The van der Waals surface area contributed by atoms with Crippen LogP contribution < -0.4 is 15.4 Å². The Hall–Kier alpha value is -2.83. The number of nitrogens with zero attached hydrogens (tertiary/aromatic N) is 2. The molecule has 1 aliphatic heterocycles. The summed E-state index contributed by atoms with van der Waals surface area (Å²) < 4.78 is 7.16. The Morgan fingerprint density at radius 1 is 1.36 bits per heavy atom. The largest absolute Gasteiger partial charge is 0.491 e. The van der Waals surface area contributed by atoms with Crippen molar-refractivity contribution in [2.45, 2.75) is 39.2 Å². The summed E-state index contributed by atoms with van der Waals surface area (Å²) >= 11 is 0. The number of carbonyl (C=O) groups is 2. The highest BCUT2D eigenvalue weighted by Gasteiger charge is 2.29. The van der Waals surface area contributed by atoms with Gasteiger partial charge >= 0.3 is 0 Å². The van der Waals surface area contributed by atoms with Crippen LogP contribution in [0.5, 0.6) is 5.75 Å². The first-order chi connectivity index (χ1) is 11.8. The lowest BCUT2D eigenvalue weighted by atomic mass is 9.95. The van der Waals surface area contributed by atoms with Gasteiger partial charge in [-0.25, -0.2) is 0 Å². The molecule has 2 amide bonds. The maximum absolute atomic E-state index is 12.5. The molecule has 0 bridgehead atoms. The van der Waals surface area contributed by atoms with E-state index in [4.69, 9.17) is 4.74 Å². The molecule has 2 N–H and O–H groups in total. The molecule has 0 spiro atoms. The normalized spacial score (nSPS) is 16.4. The van der Waals surface area contributed by atoms with E-state index in [9.17, 15) is 9.59 Å². The zero-order chi connectivity index (χ0) is 18.1. The molecular weight excluding hydrogens is 320 g/mol. The second-order valence-corrected chi connectivity index (χ2v) is 6.53. The van der Waals surface area contributed by atoms with E-state index in [1.54, 1.807) is 36.0 Å². The lowest BCUT2D eigenvalue weighted by Gasteiger charge is -2.20. The van der Waals surface area contributed by atoms with Crippen molar-refractivity contribution in [1.82, 2.24) is 9.78 Å². The van der Waals surface area contributed by atoms with Crippen LogP contribution in [0, 0.1) is 0 Å². The predicted octanol–water partition coefficient (Wildman–Crippen LogP) is 2.91. The van der Waals surface area contributed by atoms with Gasteiger partial charge in [0.25, 0.3) is 5.91 Å². The molecule has 132 valence electrons. The summed E-state index contributed by atoms with van der Waals surface area (Å²) in [4.78, 5) is 24.2. The van der Waals surface area contributed by atoms with Crippen LogP contribution in [-0.2, 0) is 11.8 Å². The number of anilines is 2. The first kappa shape index (κ1) is 17.0. The Morgan fingerprint density at radius 2 is 2.04 bits per heavy atom. The fraction of sp³-hybridized carbons (Fsp3) is 0.389. The summed E-state index contributed by atoms with van der Waals surface area (Å²) in [6.45, 7) is 5.85. The molecule has 0 unspecified atom stereocenters. The van der Waals surface area contributed by atoms with Gasteiger partial charge in [-0.05, 0) is 44.0 Å². The summed E-state index contributed by atoms with van der Waals surface area (Å²) in [5, 5.41) is 10.0. The Kier molecular flexibility index (Phi) is 4.48. The van der Waals surface area contributed by atoms with Gasteiger partial charge in [0.1, 0.15) is 11.6 Å². The van der Waals surface area contributed by atoms with Crippen molar-refractivity contribution in [1.29, 1.82) is 0 Å². The molecule has 7 heteroatoms. The molecule has 1 aliphatic rings. The molecule has 0 saturated heterocycles. The van der Waals surface area contributed by atoms with Gasteiger partial charge in [0.05, 0.1) is 6.10 Å². The monoisotopic (exact) mass is 342 g/mol. The number of rotatable bonds is 4. The van der Waals surface area contributed by atoms with E-state index in [-0.39, 0.29) is 23.8 Å². The molecule has 1 atom stereocenters. The van der Waals surface area contributed by atoms with Gasteiger partial charge in [-0.1, -0.05) is 6.92 Å². The van der Waals surface area contributed by atoms with Gasteiger partial charge in [0, 0.05) is 24.6 Å². The summed E-state index contributed by atoms with van der Waals surface area (Å²) in [7, 11) is 1.74. The van der Waals surface area contributed by atoms with Crippen molar-refractivity contribution >= 4 is 23.5 Å². The van der Waals surface area contributed by atoms with E-state index in [0.717, 1.165) is 11.3 Å². The van der Waals surface area contributed by atoms with Crippen LogP contribution in [-0.4, -0.2) is 27.7 Å². The zero-order valence-corrected chi connectivity index (χ0v) is 14.8. The van der Waals surface area contributed by atoms with E-state index >= 15 is 0 Å². The molecule has 1 aromatic carbocycles. The second-order valence-electron chi connectivity index (χ2n) is 6.53. The van der Waals surface area contributed by atoms with Crippen LogP contribution in [0.4, 0.5) is 11.6 Å². The fourth-order valence-corrected chi connectivity index (χ4v) is 2.95. The predicted molar refractivity (Wildman–Crippen MR) is 95.0 cm³/mol. The molecule has 3 rings (SSSR count). The highest BCUT2D eigenvalue weighted by atomic mass is 16.5. The third kappa shape index (κ3) is 3.50. The van der Waals surface area contributed by atoms with Gasteiger partial charge in [-0.15, -0.1) is 0 Å². The number of hydrogen-bond acceptors (Lipinski definition) is 4. The number of aryl methyl sites for hydroxylation is 1. The molecule has 25 heavy (non-hydrogen) atoms. The van der Waals surface area contributed by atoms with Crippen LogP contribution in [0.3, 0.4) is 0 Å². The Labute approximate surface area is 146 Å². The Balaban J connectivity index is 1.80. The number of carbonyl (C=O) groups excluding carboxylic acids is 2.